The van der Waals surface area contributed by atoms with Crippen LogP contribution in [0.2, 0.25) is 0 Å². The molecule has 1 aromatic carbocycles. The van der Waals surface area contributed by atoms with Crippen molar-refractivity contribution in [3.05, 3.63) is 22.7 Å². The number of benzene rings is 1. The highest BCUT2D eigenvalue weighted by molar-refractivity contribution is 9.10. The maximum atomic E-state index is 11.7. The molecule has 15 heavy (non-hydrogen) atoms. The van der Waals surface area contributed by atoms with Gasteiger partial charge in [0.15, 0.2) is 0 Å². The molecular formula is C9H8BrNO3S. The van der Waals surface area contributed by atoms with Crippen LogP contribution in [0.3, 0.4) is 0 Å². The van der Waals surface area contributed by atoms with Gasteiger partial charge in [0.1, 0.15) is 0 Å². The van der Waals surface area contributed by atoms with Gasteiger partial charge in [0, 0.05) is 4.47 Å². The van der Waals surface area contributed by atoms with Gasteiger partial charge in [-0.25, -0.2) is 8.42 Å². The molecule has 2 rings (SSSR count). The van der Waals surface area contributed by atoms with Gasteiger partial charge < -0.3 is 5.32 Å². The average Bonchev–Trinajstić information content (AvgIpc) is 2.14. The van der Waals surface area contributed by atoms with Gasteiger partial charge in [-0.05, 0) is 25.1 Å². The first kappa shape index (κ1) is 10.6. The lowest BCUT2D eigenvalue weighted by molar-refractivity contribution is -0.112. The second-order valence-corrected chi connectivity index (χ2v) is 6.09. The van der Waals surface area contributed by atoms with Gasteiger partial charge in [0.2, 0.25) is 9.84 Å². The molecule has 1 heterocycles. The van der Waals surface area contributed by atoms with E-state index < -0.39 is 21.0 Å². The second kappa shape index (κ2) is 3.31. The van der Waals surface area contributed by atoms with Crippen molar-refractivity contribution < 1.29 is 13.2 Å². The molecule has 80 valence electrons. The summed E-state index contributed by atoms with van der Waals surface area (Å²) >= 11 is 3.24. The molecule has 1 unspecified atom stereocenters. The van der Waals surface area contributed by atoms with Crippen molar-refractivity contribution in [3.8, 4) is 0 Å². The fraction of sp³-hybridized carbons (Fsp3) is 0.222. The van der Waals surface area contributed by atoms with Crippen molar-refractivity contribution in [2.45, 2.75) is 17.9 Å². The minimum absolute atomic E-state index is 0.0498. The monoisotopic (exact) mass is 289 g/mol. The van der Waals surface area contributed by atoms with Gasteiger partial charge in [-0.15, -0.1) is 0 Å². The number of halogens is 1. The van der Waals surface area contributed by atoms with E-state index in [0.29, 0.717) is 5.69 Å². The Morgan fingerprint density at radius 3 is 2.73 bits per heavy atom. The summed E-state index contributed by atoms with van der Waals surface area (Å²) in [5.74, 6) is 0. The summed E-state index contributed by atoms with van der Waals surface area (Å²) in [6, 6.07) is 3.97. The Bertz CT molecular complexity index is 538. The number of nitrogens with one attached hydrogen (secondary N) is 1. The Morgan fingerprint density at radius 1 is 1.40 bits per heavy atom. The Balaban J connectivity index is 2.72. The van der Waals surface area contributed by atoms with Crippen LogP contribution in [-0.4, -0.2) is 19.6 Å². The molecule has 0 fully saturated rings. The molecule has 0 bridgehead atoms. The minimum atomic E-state index is -3.81. The number of carbonyl (C=O) groups excluding carboxylic acids is 1. The van der Waals surface area contributed by atoms with E-state index in [9.17, 15) is 13.2 Å². The summed E-state index contributed by atoms with van der Waals surface area (Å²) in [6.45, 7) is 1.53. The minimum Gasteiger partial charge on any atom is -0.373 e. The van der Waals surface area contributed by atoms with Crippen LogP contribution in [0.5, 0.6) is 0 Å². The van der Waals surface area contributed by atoms with Gasteiger partial charge >= 0.3 is 0 Å². The standard InChI is InChI=1S/C9H8BrNO3S/c1-5-9(12)15(13,14)8-3-2-6(10)4-7(8)11-5/h2-5,11H,1H3. The smallest absolute Gasteiger partial charge is 0.272 e. The third-order valence-electron chi connectivity index (χ3n) is 2.22. The molecule has 0 amide bonds. The lowest BCUT2D eigenvalue weighted by atomic mass is 10.2. The molecule has 1 atom stereocenters. The highest BCUT2D eigenvalue weighted by Gasteiger charge is 2.36. The summed E-state index contributed by atoms with van der Waals surface area (Å²) in [5, 5.41) is 2.07. The number of sulfone groups is 1. The largest absolute Gasteiger partial charge is 0.373 e. The zero-order valence-electron chi connectivity index (χ0n) is 7.82. The highest BCUT2D eigenvalue weighted by Crippen LogP contribution is 2.31. The third kappa shape index (κ3) is 1.57. The fourth-order valence-corrected chi connectivity index (χ4v) is 3.24. The molecule has 4 nitrogen and oxygen atoms in total. The lowest BCUT2D eigenvalue weighted by Gasteiger charge is -2.22. The predicted molar refractivity (Wildman–Crippen MR) is 59.4 cm³/mol. The number of rotatable bonds is 0. The van der Waals surface area contributed by atoms with Gasteiger partial charge in [0.05, 0.1) is 16.6 Å². The van der Waals surface area contributed by atoms with E-state index in [1.807, 2.05) is 0 Å². The van der Waals surface area contributed by atoms with Crippen LogP contribution >= 0.6 is 15.9 Å². The van der Waals surface area contributed by atoms with Crippen LogP contribution in [0.25, 0.3) is 0 Å². The number of hydrogen-bond donors (Lipinski definition) is 1. The number of hydrogen-bond acceptors (Lipinski definition) is 4. The normalized spacial score (nSPS) is 23.1. The Morgan fingerprint density at radius 2 is 2.07 bits per heavy atom. The van der Waals surface area contributed by atoms with Crippen LogP contribution in [-0.2, 0) is 14.6 Å². The molecule has 0 spiro atoms. The molecule has 0 saturated carbocycles. The Kier molecular flexibility index (Phi) is 2.35. The van der Waals surface area contributed by atoms with Crippen LogP contribution in [0.15, 0.2) is 27.6 Å². The SMILES string of the molecule is CC1Nc2cc(Br)ccc2S(=O)(=O)C1=O. The summed E-state index contributed by atoms with van der Waals surface area (Å²) in [4.78, 5) is 11.5. The molecule has 0 aromatic heterocycles. The molecule has 1 aromatic rings. The molecular weight excluding hydrogens is 282 g/mol. The zero-order valence-corrected chi connectivity index (χ0v) is 10.2. The Hall–Kier alpha value is -0.880. The molecule has 1 N–H and O–H groups in total. The van der Waals surface area contributed by atoms with Gasteiger partial charge in [0.25, 0.3) is 5.12 Å². The lowest BCUT2D eigenvalue weighted by Crippen LogP contribution is -2.37. The Labute approximate surface area is 95.7 Å². The van der Waals surface area contributed by atoms with Crippen LogP contribution in [0.4, 0.5) is 5.69 Å². The maximum absolute atomic E-state index is 11.7. The van der Waals surface area contributed by atoms with Crippen molar-refractivity contribution in [1.82, 2.24) is 0 Å². The predicted octanol–water partition coefficient (Wildman–Crippen LogP) is 1.56. The molecule has 1 aliphatic rings. The van der Waals surface area contributed by atoms with E-state index in [0.717, 1.165) is 4.47 Å². The van der Waals surface area contributed by atoms with Crippen LogP contribution < -0.4 is 5.32 Å². The van der Waals surface area contributed by atoms with Crippen molar-refractivity contribution in [2.75, 3.05) is 5.32 Å². The van der Waals surface area contributed by atoms with E-state index in [2.05, 4.69) is 21.2 Å². The molecule has 1 aliphatic heterocycles. The van der Waals surface area contributed by atoms with Crippen molar-refractivity contribution in [3.63, 3.8) is 0 Å². The first-order valence-corrected chi connectivity index (χ1v) is 6.55. The molecule has 0 saturated heterocycles. The summed E-state index contributed by atoms with van der Waals surface area (Å²) in [6.07, 6.45) is 0. The van der Waals surface area contributed by atoms with Gasteiger partial charge in [-0.1, -0.05) is 15.9 Å². The van der Waals surface area contributed by atoms with Crippen molar-refractivity contribution in [1.29, 1.82) is 0 Å². The number of anilines is 1. The first-order valence-electron chi connectivity index (χ1n) is 4.28. The van der Waals surface area contributed by atoms with Gasteiger partial charge in [-0.2, -0.15) is 0 Å². The molecule has 0 radical (unpaired) electrons. The number of carbonyl (C=O) groups is 1. The summed E-state index contributed by atoms with van der Waals surface area (Å²) in [5.41, 5.74) is 0.469. The van der Waals surface area contributed by atoms with Crippen LogP contribution in [0.1, 0.15) is 6.92 Å². The van der Waals surface area contributed by atoms with E-state index in [1.54, 1.807) is 12.1 Å². The van der Waals surface area contributed by atoms with Crippen LogP contribution in [0, 0.1) is 0 Å². The molecule has 0 aliphatic carbocycles. The zero-order chi connectivity index (χ0) is 11.2. The summed E-state index contributed by atoms with van der Waals surface area (Å²) in [7, 11) is -3.81. The summed E-state index contributed by atoms with van der Waals surface area (Å²) < 4.78 is 24.2. The van der Waals surface area contributed by atoms with Crippen molar-refractivity contribution >= 4 is 36.6 Å². The molecule has 6 heteroatoms. The third-order valence-corrected chi connectivity index (χ3v) is 4.53. The fourth-order valence-electron chi connectivity index (χ4n) is 1.48. The highest BCUT2D eigenvalue weighted by atomic mass is 79.9. The van der Waals surface area contributed by atoms with Crippen molar-refractivity contribution in [2.24, 2.45) is 0 Å². The van der Waals surface area contributed by atoms with E-state index in [1.165, 1.54) is 13.0 Å². The number of fused-ring (bicyclic) bond motifs is 1. The van der Waals surface area contributed by atoms with E-state index in [-0.39, 0.29) is 4.90 Å². The average molecular weight is 290 g/mol. The van der Waals surface area contributed by atoms with Gasteiger partial charge in [-0.3, -0.25) is 4.79 Å². The second-order valence-electron chi connectivity index (χ2n) is 3.33. The first-order chi connectivity index (χ1) is 6.93. The quantitative estimate of drug-likeness (QED) is 0.787. The maximum Gasteiger partial charge on any atom is 0.272 e. The van der Waals surface area contributed by atoms with E-state index >= 15 is 0 Å². The topological polar surface area (TPSA) is 63.2 Å². The van der Waals surface area contributed by atoms with E-state index in [4.69, 9.17) is 0 Å².